The van der Waals surface area contributed by atoms with Gasteiger partial charge in [0.2, 0.25) is 0 Å². The van der Waals surface area contributed by atoms with Crippen molar-refractivity contribution >= 4 is 12.4 Å². The summed E-state index contributed by atoms with van der Waals surface area (Å²) in [7, 11) is 0. The zero-order chi connectivity index (χ0) is 10.9. The van der Waals surface area contributed by atoms with Crippen molar-refractivity contribution in [3.8, 4) is 0 Å². The Bertz CT molecular complexity index is 214. The van der Waals surface area contributed by atoms with E-state index in [1.54, 1.807) is 0 Å². The Hall–Kier alpha value is 0.210. The van der Waals surface area contributed by atoms with Gasteiger partial charge in [-0.3, -0.25) is 0 Å². The zero-order valence-electron chi connectivity index (χ0n) is 10.7. The van der Waals surface area contributed by atoms with E-state index >= 15 is 0 Å². The molecular weight excluding hydrogens is 220 g/mol. The highest BCUT2D eigenvalue weighted by Crippen LogP contribution is 2.41. The molecule has 16 heavy (non-hydrogen) atoms. The van der Waals surface area contributed by atoms with Crippen molar-refractivity contribution in [1.29, 1.82) is 0 Å². The van der Waals surface area contributed by atoms with Crippen LogP contribution >= 0.6 is 12.4 Å². The molecule has 1 aliphatic carbocycles. The van der Waals surface area contributed by atoms with E-state index in [0.29, 0.717) is 11.5 Å². The number of nitrogens with two attached hydrogens (primary N) is 1. The van der Waals surface area contributed by atoms with Gasteiger partial charge >= 0.3 is 0 Å². The van der Waals surface area contributed by atoms with Crippen molar-refractivity contribution in [1.82, 2.24) is 4.90 Å². The lowest BCUT2D eigenvalue weighted by molar-refractivity contribution is 0.0557. The molecule has 96 valence electrons. The Morgan fingerprint density at radius 3 is 2.56 bits per heavy atom. The van der Waals surface area contributed by atoms with Crippen LogP contribution in [0.2, 0.25) is 0 Å². The van der Waals surface area contributed by atoms with Crippen LogP contribution < -0.4 is 5.73 Å². The summed E-state index contributed by atoms with van der Waals surface area (Å²) in [5, 5.41) is 0. The summed E-state index contributed by atoms with van der Waals surface area (Å²) in [6.07, 6.45) is 7.01. The van der Waals surface area contributed by atoms with Gasteiger partial charge in [0.1, 0.15) is 0 Å². The van der Waals surface area contributed by atoms with Crippen molar-refractivity contribution in [2.45, 2.75) is 52.0 Å². The molecule has 0 bridgehead atoms. The summed E-state index contributed by atoms with van der Waals surface area (Å²) in [6, 6.07) is 0.377. The standard InChI is InChI=1S/C13H26N2.ClH/c1-11(14)12-5-3-8-15(9-12)10-13(2)6-4-7-13;/h11-12H,3-10,14H2,1-2H3;1H. The smallest absolute Gasteiger partial charge is 0.00509 e. The van der Waals surface area contributed by atoms with E-state index in [-0.39, 0.29) is 12.4 Å². The second-order valence-corrected chi connectivity index (χ2v) is 6.16. The first-order valence-electron chi connectivity index (χ1n) is 6.57. The molecule has 3 heteroatoms. The van der Waals surface area contributed by atoms with Crippen LogP contribution in [0.4, 0.5) is 0 Å². The number of rotatable bonds is 3. The molecule has 2 aliphatic rings. The third kappa shape index (κ3) is 3.35. The van der Waals surface area contributed by atoms with E-state index in [2.05, 4.69) is 18.7 Å². The number of likely N-dealkylation sites (tertiary alicyclic amines) is 1. The molecule has 0 radical (unpaired) electrons. The second-order valence-electron chi connectivity index (χ2n) is 6.16. The van der Waals surface area contributed by atoms with E-state index < -0.39 is 0 Å². The quantitative estimate of drug-likeness (QED) is 0.830. The Morgan fingerprint density at radius 2 is 2.06 bits per heavy atom. The van der Waals surface area contributed by atoms with Crippen LogP contribution in [0, 0.1) is 11.3 Å². The highest BCUT2D eigenvalue weighted by molar-refractivity contribution is 5.85. The van der Waals surface area contributed by atoms with Crippen LogP contribution in [0.3, 0.4) is 0 Å². The monoisotopic (exact) mass is 246 g/mol. The van der Waals surface area contributed by atoms with Crippen LogP contribution in [0.15, 0.2) is 0 Å². The van der Waals surface area contributed by atoms with Crippen LogP contribution in [-0.2, 0) is 0 Å². The highest BCUT2D eigenvalue weighted by Gasteiger charge is 2.35. The van der Waals surface area contributed by atoms with Gasteiger partial charge in [-0.15, -0.1) is 12.4 Å². The molecule has 2 N–H and O–H groups in total. The van der Waals surface area contributed by atoms with Crippen molar-refractivity contribution in [2.24, 2.45) is 17.1 Å². The number of halogens is 1. The summed E-state index contributed by atoms with van der Waals surface area (Å²) in [4.78, 5) is 2.66. The predicted octanol–water partition coefficient (Wildman–Crippen LogP) is 2.66. The topological polar surface area (TPSA) is 29.3 Å². The van der Waals surface area contributed by atoms with E-state index in [1.807, 2.05) is 0 Å². The molecule has 1 saturated heterocycles. The first-order valence-corrected chi connectivity index (χ1v) is 6.57. The highest BCUT2D eigenvalue weighted by atomic mass is 35.5. The van der Waals surface area contributed by atoms with Gasteiger partial charge in [-0.25, -0.2) is 0 Å². The molecule has 0 amide bonds. The Morgan fingerprint density at radius 1 is 1.38 bits per heavy atom. The maximum Gasteiger partial charge on any atom is 0.00509 e. The van der Waals surface area contributed by atoms with Crippen molar-refractivity contribution < 1.29 is 0 Å². The van der Waals surface area contributed by atoms with Crippen LogP contribution in [0.1, 0.15) is 46.0 Å². The number of hydrogen-bond acceptors (Lipinski definition) is 2. The fraction of sp³-hybridized carbons (Fsp3) is 1.00. The van der Waals surface area contributed by atoms with E-state index in [1.165, 1.54) is 51.7 Å². The Labute approximate surface area is 106 Å². The van der Waals surface area contributed by atoms with Gasteiger partial charge in [0.05, 0.1) is 0 Å². The van der Waals surface area contributed by atoms with Crippen molar-refractivity contribution in [3.05, 3.63) is 0 Å². The van der Waals surface area contributed by atoms with E-state index in [0.717, 1.165) is 5.92 Å². The molecule has 2 nitrogen and oxygen atoms in total. The summed E-state index contributed by atoms with van der Waals surface area (Å²) < 4.78 is 0. The van der Waals surface area contributed by atoms with Gasteiger partial charge in [0.15, 0.2) is 0 Å². The minimum atomic E-state index is 0. The number of hydrogen-bond donors (Lipinski definition) is 1. The van der Waals surface area contributed by atoms with Crippen LogP contribution in [0.25, 0.3) is 0 Å². The SMILES string of the molecule is CC(N)C1CCCN(CC2(C)CCC2)C1.Cl. The first-order chi connectivity index (χ1) is 7.09. The van der Waals surface area contributed by atoms with Gasteiger partial charge in [-0.05, 0) is 50.5 Å². The van der Waals surface area contributed by atoms with E-state index in [4.69, 9.17) is 5.73 Å². The molecule has 2 fully saturated rings. The third-order valence-electron chi connectivity index (χ3n) is 4.45. The lowest BCUT2D eigenvalue weighted by Gasteiger charge is -2.45. The molecule has 0 aromatic rings. The molecule has 0 aromatic heterocycles. The average Bonchev–Trinajstić information content (AvgIpc) is 2.16. The fourth-order valence-corrected chi connectivity index (χ4v) is 3.14. The zero-order valence-corrected chi connectivity index (χ0v) is 11.6. The van der Waals surface area contributed by atoms with Gasteiger partial charge < -0.3 is 10.6 Å². The average molecular weight is 247 g/mol. The number of piperidine rings is 1. The van der Waals surface area contributed by atoms with Gasteiger partial charge in [-0.1, -0.05) is 13.3 Å². The summed E-state index contributed by atoms with van der Waals surface area (Å²) in [5.74, 6) is 0.738. The van der Waals surface area contributed by atoms with Crippen molar-refractivity contribution in [3.63, 3.8) is 0 Å². The second kappa shape index (κ2) is 5.70. The van der Waals surface area contributed by atoms with Gasteiger partial charge in [0.25, 0.3) is 0 Å². The predicted molar refractivity (Wildman–Crippen MR) is 72.0 cm³/mol. The van der Waals surface area contributed by atoms with Crippen molar-refractivity contribution in [2.75, 3.05) is 19.6 Å². The maximum atomic E-state index is 6.01. The summed E-state index contributed by atoms with van der Waals surface area (Å²) >= 11 is 0. The minimum Gasteiger partial charge on any atom is -0.328 e. The van der Waals surface area contributed by atoms with Crippen LogP contribution in [0.5, 0.6) is 0 Å². The molecule has 1 heterocycles. The van der Waals surface area contributed by atoms with Gasteiger partial charge in [0, 0.05) is 19.1 Å². The molecule has 0 aromatic carbocycles. The molecule has 1 saturated carbocycles. The van der Waals surface area contributed by atoms with E-state index in [9.17, 15) is 0 Å². The Kier molecular flexibility index (Phi) is 5.09. The van der Waals surface area contributed by atoms with Gasteiger partial charge in [-0.2, -0.15) is 0 Å². The largest absolute Gasteiger partial charge is 0.328 e. The molecule has 0 spiro atoms. The summed E-state index contributed by atoms with van der Waals surface area (Å²) in [6.45, 7) is 8.48. The minimum absolute atomic E-state index is 0. The Balaban J connectivity index is 0.00000128. The molecule has 1 aliphatic heterocycles. The normalized spacial score (nSPS) is 31.3. The molecular formula is C13H27ClN2. The number of nitrogens with zero attached hydrogens (tertiary/aromatic N) is 1. The summed E-state index contributed by atoms with van der Waals surface area (Å²) in [5.41, 5.74) is 6.65. The lowest BCUT2D eigenvalue weighted by atomic mass is 9.70. The third-order valence-corrected chi connectivity index (χ3v) is 4.45. The molecule has 2 rings (SSSR count). The fourth-order valence-electron chi connectivity index (χ4n) is 3.14. The molecule has 2 unspecified atom stereocenters. The first kappa shape index (κ1) is 14.3. The molecule has 2 atom stereocenters. The maximum absolute atomic E-state index is 6.01. The lowest BCUT2D eigenvalue weighted by Crippen LogP contribution is -2.47. The van der Waals surface area contributed by atoms with Crippen LogP contribution in [-0.4, -0.2) is 30.6 Å².